The molecule has 0 saturated heterocycles. The van der Waals surface area contributed by atoms with Crippen LogP contribution in [0.25, 0.3) is 0 Å². The summed E-state index contributed by atoms with van der Waals surface area (Å²) in [6.45, 7) is 0.222. The summed E-state index contributed by atoms with van der Waals surface area (Å²) in [7, 11) is 1.68. The molecule has 5 nitrogen and oxygen atoms in total. The molecule has 0 atom stereocenters. The van der Waals surface area contributed by atoms with Crippen molar-refractivity contribution >= 4 is 11.8 Å². The Morgan fingerprint density at radius 3 is 2.92 bits per heavy atom. The highest BCUT2D eigenvalue weighted by Gasteiger charge is 2.03. The SMILES string of the molecule is Cn1c(SCCCCO)n[nH]c1=O. The van der Waals surface area contributed by atoms with Crippen LogP contribution in [-0.2, 0) is 7.05 Å². The Labute approximate surface area is 80.2 Å². The molecule has 13 heavy (non-hydrogen) atoms. The fourth-order valence-corrected chi connectivity index (χ4v) is 1.76. The lowest BCUT2D eigenvalue weighted by Crippen LogP contribution is -2.12. The van der Waals surface area contributed by atoms with Crippen molar-refractivity contribution in [2.45, 2.75) is 18.0 Å². The normalized spacial score (nSPS) is 10.6. The van der Waals surface area contributed by atoms with Gasteiger partial charge in [0, 0.05) is 19.4 Å². The van der Waals surface area contributed by atoms with Crippen molar-refractivity contribution in [2.24, 2.45) is 7.05 Å². The van der Waals surface area contributed by atoms with Crippen molar-refractivity contribution in [1.29, 1.82) is 0 Å². The summed E-state index contributed by atoms with van der Waals surface area (Å²) >= 11 is 1.52. The van der Waals surface area contributed by atoms with E-state index in [2.05, 4.69) is 10.2 Å². The van der Waals surface area contributed by atoms with Gasteiger partial charge in [0.2, 0.25) is 0 Å². The third-order valence-electron chi connectivity index (χ3n) is 1.62. The van der Waals surface area contributed by atoms with E-state index in [0.29, 0.717) is 5.16 Å². The molecule has 1 heterocycles. The zero-order chi connectivity index (χ0) is 9.68. The molecule has 0 bridgehead atoms. The van der Waals surface area contributed by atoms with E-state index in [-0.39, 0.29) is 12.3 Å². The molecule has 2 N–H and O–H groups in total. The number of H-pyrrole nitrogens is 1. The third-order valence-corrected chi connectivity index (χ3v) is 2.74. The molecule has 0 fully saturated rings. The van der Waals surface area contributed by atoms with Crippen LogP contribution in [0.4, 0.5) is 0 Å². The van der Waals surface area contributed by atoms with Crippen molar-refractivity contribution in [2.75, 3.05) is 12.4 Å². The number of nitrogens with zero attached hydrogens (tertiary/aromatic N) is 2. The van der Waals surface area contributed by atoms with Gasteiger partial charge in [0.25, 0.3) is 0 Å². The molecule has 0 unspecified atom stereocenters. The van der Waals surface area contributed by atoms with Gasteiger partial charge in [-0.15, -0.1) is 5.10 Å². The van der Waals surface area contributed by atoms with Crippen LogP contribution >= 0.6 is 11.8 Å². The molecule has 0 aliphatic rings. The average molecular weight is 203 g/mol. The summed E-state index contributed by atoms with van der Waals surface area (Å²) in [5.74, 6) is 0.874. The van der Waals surface area contributed by atoms with Gasteiger partial charge in [-0.3, -0.25) is 4.57 Å². The lowest BCUT2D eigenvalue weighted by molar-refractivity contribution is 0.287. The lowest BCUT2D eigenvalue weighted by Gasteiger charge is -1.97. The van der Waals surface area contributed by atoms with Gasteiger partial charge < -0.3 is 5.11 Å². The Balaban J connectivity index is 2.37. The van der Waals surface area contributed by atoms with E-state index in [4.69, 9.17) is 5.11 Å². The molecule has 0 aliphatic heterocycles. The van der Waals surface area contributed by atoms with Gasteiger partial charge in [-0.2, -0.15) is 0 Å². The molecule has 74 valence electrons. The fraction of sp³-hybridized carbons (Fsp3) is 0.714. The lowest BCUT2D eigenvalue weighted by atomic mass is 10.4. The van der Waals surface area contributed by atoms with Crippen LogP contribution in [0.1, 0.15) is 12.8 Å². The van der Waals surface area contributed by atoms with Crippen LogP contribution in [0.5, 0.6) is 0 Å². The molecule has 1 rings (SSSR count). The summed E-state index contributed by atoms with van der Waals surface area (Å²) in [4.78, 5) is 10.9. The van der Waals surface area contributed by atoms with E-state index >= 15 is 0 Å². The number of aliphatic hydroxyl groups excluding tert-OH is 1. The summed E-state index contributed by atoms with van der Waals surface area (Å²) in [5.41, 5.74) is -0.190. The Bertz CT molecular complexity index is 307. The minimum Gasteiger partial charge on any atom is -0.396 e. The summed E-state index contributed by atoms with van der Waals surface area (Å²) in [6, 6.07) is 0. The molecule has 1 aromatic rings. The van der Waals surface area contributed by atoms with Gasteiger partial charge in [0.05, 0.1) is 0 Å². The predicted octanol–water partition coefficient (Wildman–Crippen LogP) is -0.0270. The molecule has 1 aromatic heterocycles. The van der Waals surface area contributed by atoms with Gasteiger partial charge in [-0.05, 0) is 12.8 Å². The predicted molar refractivity (Wildman–Crippen MR) is 50.9 cm³/mol. The molecule has 0 aromatic carbocycles. The van der Waals surface area contributed by atoms with E-state index < -0.39 is 0 Å². The van der Waals surface area contributed by atoms with Crippen LogP contribution in [-0.4, -0.2) is 32.2 Å². The van der Waals surface area contributed by atoms with Crippen LogP contribution < -0.4 is 5.69 Å². The van der Waals surface area contributed by atoms with E-state index in [9.17, 15) is 4.79 Å². The Morgan fingerprint density at radius 2 is 2.38 bits per heavy atom. The molecular formula is C7H13N3O2S. The molecule has 6 heteroatoms. The van der Waals surface area contributed by atoms with E-state index in [0.717, 1.165) is 18.6 Å². The standard InChI is InChI=1S/C7H13N3O2S/c1-10-6(12)8-9-7(10)13-5-3-2-4-11/h11H,2-5H2,1H3,(H,8,12). The minimum atomic E-state index is -0.190. The quantitative estimate of drug-likeness (QED) is 0.521. The number of hydrogen-bond donors (Lipinski definition) is 2. The number of unbranched alkanes of at least 4 members (excludes halogenated alkanes) is 1. The monoisotopic (exact) mass is 203 g/mol. The van der Waals surface area contributed by atoms with Crippen molar-refractivity contribution in [1.82, 2.24) is 14.8 Å². The maximum absolute atomic E-state index is 10.9. The number of aromatic nitrogens is 3. The number of aliphatic hydroxyl groups is 1. The fourth-order valence-electron chi connectivity index (χ4n) is 0.839. The average Bonchev–Trinajstić information content (AvgIpc) is 2.43. The number of rotatable bonds is 5. The smallest absolute Gasteiger partial charge is 0.343 e. The zero-order valence-corrected chi connectivity index (χ0v) is 8.30. The van der Waals surface area contributed by atoms with E-state index in [1.165, 1.54) is 16.3 Å². The number of aromatic amines is 1. The topological polar surface area (TPSA) is 70.9 Å². The Hall–Kier alpha value is -0.750. The van der Waals surface area contributed by atoms with Gasteiger partial charge in [-0.1, -0.05) is 11.8 Å². The number of thioether (sulfide) groups is 1. The van der Waals surface area contributed by atoms with Gasteiger partial charge in [0.15, 0.2) is 5.16 Å². The van der Waals surface area contributed by atoms with Crippen LogP contribution in [0, 0.1) is 0 Å². The summed E-state index contributed by atoms with van der Waals surface area (Å²) in [5, 5.41) is 15.4. The molecule has 0 amide bonds. The van der Waals surface area contributed by atoms with Crippen LogP contribution in [0.3, 0.4) is 0 Å². The van der Waals surface area contributed by atoms with E-state index in [1.807, 2.05) is 0 Å². The maximum atomic E-state index is 10.9. The second kappa shape index (κ2) is 5.08. The highest BCUT2D eigenvalue weighted by atomic mass is 32.2. The first-order valence-electron chi connectivity index (χ1n) is 4.10. The third kappa shape index (κ3) is 2.89. The van der Waals surface area contributed by atoms with Gasteiger partial charge >= 0.3 is 5.69 Å². The summed E-state index contributed by atoms with van der Waals surface area (Å²) in [6.07, 6.45) is 1.73. The zero-order valence-electron chi connectivity index (χ0n) is 7.49. The van der Waals surface area contributed by atoms with Gasteiger partial charge in [0.1, 0.15) is 0 Å². The second-order valence-corrected chi connectivity index (χ2v) is 3.71. The minimum absolute atomic E-state index is 0.190. The van der Waals surface area contributed by atoms with Crippen molar-refractivity contribution in [3.63, 3.8) is 0 Å². The molecular weight excluding hydrogens is 190 g/mol. The van der Waals surface area contributed by atoms with Crippen LogP contribution in [0.2, 0.25) is 0 Å². The first-order valence-corrected chi connectivity index (χ1v) is 5.09. The molecule has 0 saturated carbocycles. The van der Waals surface area contributed by atoms with Crippen molar-refractivity contribution < 1.29 is 5.11 Å². The first-order chi connectivity index (χ1) is 6.25. The molecule has 0 spiro atoms. The molecule has 0 radical (unpaired) electrons. The van der Waals surface area contributed by atoms with E-state index in [1.54, 1.807) is 7.05 Å². The van der Waals surface area contributed by atoms with Gasteiger partial charge in [-0.25, -0.2) is 9.89 Å². The first kappa shape index (κ1) is 10.3. The maximum Gasteiger partial charge on any atom is 0.343 e. The second-order valence-electron chi connectivity index (χ2n) is 2.65. The van der Waals surface area contributed by atoms with Crippen molar-refractivity contribution in [3.8, 4) is 0 Å². The van der Waals surface area contributed by atoms with Crippen LogP contribution in [0.15, 0.2) is 9.95 Å². The highest BCUT2D eigenvalue weighted by molar-refractivity contribution is 7.99. The number of hydrogen-bond acceptors (Lipinski definition) is 4. The largest absolute Gasteiger partial charge is 0.396 e. The number of nitrogens with one attached hydrogen (secondary N) is 1. The Kier molecular flexibility index (Phi) is 4.04. The Morgan fingerprint density at radius 1 is 1.62 bits per heavy atom. The van der Waals surface area contributed by atoms with Crippen molar-refractivity contribution in [3.05, 3.63) is 10.5 Å². The summed E-state index contributed by atoms with van der Waals surface area (Å²) < 4.78 is 1.48. The molecule has 0 aliphatic carbocycles. The highest BCUT2D eigenvalue weighted by Crippen LogP contribution is 2.13.